The Labute approximate surface area is 77.6 Å². The number of hydrogen-bond acceptors (Lipinski definition) is 3. The minimum Gasteiger partial charge on any atom is -0.346 e. The van der Waals surface area contributed by atoms with Crippen molar-refractivity contribution in [1.82, 2.24) is 14.7 Å². The van der Waals surface area contributed by atoms with E-state index in [1.54, 1.807) is 6.20 Å². The molecule has 0 aliphatic heterocycles. The fraction of sp³-hybridized carbons (Fsp3) is 0.571. The van der Waals surface area contributed by atoms with Crippen molar-refractivity contribution in [3.63, 3.8) is 0 Å². The van der Waals surface area contributed by atoms with Gasteiger partial charge in [0.2, 0.25) is 10.0 Å². The van der Waals surface area contributed by atoms with Crippen LogP contribution in [0, 0.1) is 6.92 Å². The summed E-state index contributed by atoms with van der Waals surface area (Å²) in [5.74, 6) is 0.842. The van der Waals surface area contributed by atoms with Gasteiger partial charge in [-0.1, -0.05) is 0 Å². The molecule has 74 valence electrons. The van der Waals surface area contributed by atoms with Crippen LogP contribution in [0.3, 0.4) is 0 Å². The van der Waals surface area contributed by atoms with Gasteiger partial charge in [0.1, 0.15) is 5.82 Å². The number of aromatic amines is 1. The van der Waals surface area contributed by atoms with E-state index in [0.717, 1.165) is 17.8 Å². The number of sulfonamides is 1. The van der Waals surface area contributed by atoms with Gasteiger partial charge in [-0.05, 0) is 6.92 Å². The Morgan fingerprint density at radius 1 is 1.62 bits per heavy atom. The van der Waals surface area contributed by atoms with E-state index in [4.69, 9.17) is 0 Å². The average Bonchev–Trinajstić information content (AvgIpc) is 2.33. The predicted octanol–water partition coefficient (Wildman–Crippen LogP) is -0.190. The Kier molecular flexibility index (Phi) is 3.05. The van der Waals surface area contributed by atoms with Crippen LogP contribution in [-0.4, -0.2) is 31.2 Å². The van der Waals surface area contributed by atoms with E-state index in [1.165, 1.54) is 0 Å². The number of aromatic nitrogens is 2. The van der Waals surface area contributed by atoms with Crippen LogP contribution in [0.5, 0.6) is 0 Å². The molecule has 0 fully saturated rings. The molecule has 0 saturated heterocycles. The van der Waals surface area contributed by atoms with Gasteiger partial charge in [-0.3, -0.25) is 0 Å². The lowest BCUT2D eigenvalue weighted by molar-refractivity contribution is 0.587. The minimum absolute atomic E-state index is 0.403. The van der Waals surface area contributed by atoms with Crippen molar-refractivity contribution < 1.29 is 8.42 Å². The molecule has 0 amide bonds. The summed E-state index contributed by atoms with van der Waals surface area (Å²) >= 11 is 0. The maximum atomic E-state index is 10.7. The first-order valence-corrected chi connectivity index (χ1v) is 5.81. The lowest BCUT2D eigenvalue weighted by Gasteiger charge is -1.99. The number of H-pyrrole nitrogens is 1. The van der Waals surface area contributed by atoms with E-state index in [2.05, 4.69) is 14.7 Å². The molecule has 13 heavy (non-hydrogen) atoms. The van der Waals surface area contributed by atoms with Crippen LogP contribution in [0.2, 0.25) is 0 Å². The van der Waals surface area contributed by atoms with Gasteiger partial charge < -0.3 is 4.98 Å². The van der Waals surface area contributed by atoms with Gasteiger partial charge in [0.25, 0.3) is 0 Å². The smallest absolute Gasteiger partial charge is 0.208 e. The van der Waals surface area contributed by atoms with Gasteiger partial charge in [0, 0.05) is 24.9 Å². The zero-order valence-corrected chi connectivity index (χ0v) is 8.48. The van der Waals surface area contributed by atoms with Crippen LogP contribution in [0.15, 0.2) is 6.20 Å². The first-order chi connectivity index (χ1) is 5.97. The third-order valence-electron chi connectivity index (χ3n) is 1.51. The molecule has 0 atom stereocenters. The van der Waals surface area contributed by atoms with E-state index in [9.17, 15) is 8.42 Å². The quantitative estimate of drug-likeness (QED) is 0.712. The van der Waals surface area contributed by atoms with E-state index in [1.807, 2.05) is 6.92 Å². The van der Waals surface area contributed by atoms with Crippen LogP contribution >= 0.6 is 0 Å². The maximum absolute atomic E-state index is 10.7. The van der Waals surface area contributed by atoms with Crippen LogP contribution in [0.1, 0.15) is 11.5 Å². The number of nitrogens with zero attached hydrogens (tertiary/aromatic N) is 1. The Balaban J connectivity index is 2.36. The second-order valence-corrected chi connectivity index (χ2v) is 4.74. The molecule has 0 bridgehead atoms. The highest BCUT2D eigenvalue weighted by atomic mass is 32.2. The first-order valence-electron chi connectivity index (χ1n) is 3.92. The fourth-order valence-electron chi connectivity index (χ4n) is 0.970. The number of hydrogen-bond donors (Lipinski definition) is 2. The largest absolute Gasteiger partial charge is 0.346 e. The lowest BCUT2D eigenvalue weighted by atomic mass is 10.3. The van der Waals surface area contributed by atoms with Gasteiger partial charge >= 0.3 is 0 Å². The molecule has 1 aromatic rings. The van der Waals surface area contributed by atoms with Gasteiger partial charge in [-0.2, -0.15) is 0 Å². The molecule has 0 unspecified atom stereocenters. The fourth-order valence-corrected chi connectivity index (χ4v) is 1.44. The summed E-state index contributed by atoms with van der Waals surface area (Å²) in [6, 6.07) is 0. The highest BCUT2D eigenvalue weighted by Gasteiger charge is 2.01. The molecule has 0 aliphatic carbocycles. The van der Waals surface area contributed by atoms with Gasteiger partial charge in [-0.15, -0.1) is 0 Å². The molecule has 2 N–H and O–H groups in total. The maximum Gasteiger partial charge on any atom is 0.208 e. The normalized spacial score (nSPS) is 11.8. The molecular weight excluding hydrogens is 190 g/mol. The minimum atomic E-state index is -3.07. The Morgan fingerprint density at radius 3 is 2.77 bits per heavy atom. The third-order valence-corrected chi connectivity index (χ3v) is 2.24. The van der Waals surface area contributed by atoms with Crippen molar-refractivity contribution >= 4 is 10.0 Å². The summed E-state index contributed by atoms with van der Waals surface area (Å²) in [7, 11) is -3.07. The van der Waals surface area contributed by atoms with E-state index in [-0.39, 0.29) is 0 Å². The number of rotatable bonds is 4. The lowest BCUT2D eigenvalue weighted by Crippen LogP contribution is -2.24. The first kappa shape index (κ1) is 10.2. The zero-order valence-electron chi connectivity index (χ0n) is 7.66. The van der Waals surface area contributed by atoms with Crippen molar-refractivity contribution in [2.45, 2.75) is 13.3 Å². The Morgan fingerprint density at radius 2 is 2.31 bits per heavy atom. The SMILES string of the molecule is Cc1ncc(CCNS(C)(=O)=O)[nH]1. The van der Waals surface area contributed by atoms with Gasteiger partial charge in [0.05, 0.1) is 6.26 Å². The van der Waals surface area contributed by atoms with Gasteiger partial charge in [0.15, 0.2) is 0 Å². The van der Waals surface area contributed by atoms with E-state index >= 15 is 0 Å². The molecule has 0 spiro atoms. The Bertz CT molecular complexity index is 369. The summed E-state index contributed by atoms with van der Waals surface area (Å²) in [5.41, 5.74) is 0.939. The number of aryl methyl sites for hydroxylation is 1. The number of nitrogens with one attached hydrogen (secondary N) is 2. The summed E-state index contributed by atoms with van der Waals surface area (Å²) in [4.78, 5) is 7.02. The highest BCUT2D eigenvalue weighted by Crippen LogP contribution is 1.95. The topological polar surface area (TPSA) is 74.8 Å². The molecule has 0 aliphatic rings. The summed E-state index contributed by atoms with van der Waals surface area (Å²) in [6.07, 6.45) is 3.48. The second kappa shape index (κ2) is 3.89. The van der Waals surface area contributed by atoms with E-state index in [0.29, 0.717) is 13.0 Å². The molecule has 0 aromatic carbocycles. The zero-order chi connectivity index (χ0) is 9.90. The molecule has 6 heteroatoms. The predicted molar refractivity (Wildman–Crippen MR) is 49.9 cm³/mol. The standard InChI is InChI=1S/C7H13N3O2S/c1-6-8-5-7(10-6)3-4-9-13(2,11)12/h5,9H,3-4H2,1-2H3,(H,8,10). The average molecular weight is 203 g/mol. The highest BCUT2D eigenvalue weighted by molar-refractivity contribution is 7.88. The van der Waals surface area contributed by atoms with Crippen molar-refractivity contribution in [3.8, 4) is 0 Å². The van der Waals surface area contributed by atoms with Crippen LogP contribution in [0.25, 0.3) is 0 Å². The molecule has 1 rings (SSSR count). The molecule has 0 saturated carbocycles. The van der Waals surface area contributed by atoms with E-state index < -0.39 is 10.0 Å². The molecule has 1 heterocycles. The van der Waals surface area contributed by atoms with Crippen LogP contribution in [-0.2, 0) is 16.4 Å². The van der Waals surface area contributed by atoms with Crippen LogP contribution < -0.4 is 4.72 Å². The molecular formula is C7H13N3O2S. The second-order valence-electron chi connectivity index (χ2n) is 2.91. The monoisotopic (exact) mass is 203 g/mol. The summed E-state index contributed by atoms with van der Waals surface area (Å²) in [6.45, 7) is 2.26. The van der Waals surface area contributed by atoms with Crippen molar-refractivity contribution in [2.24, 2.45) is 0 Å². The molecule has 0 radical (unpaired) electrons. The Hall–Kier alpha value is -0.880. The third kappa shape index (κ3) is 4.05. The van der Waals surface area contributed by atoms with Gasteiger partial charge in [-0.25, -0.2) is 18.1 Å². The molecule has 1 aromatic heterocycles. The summed E-state index contributed by atoms with van der Waals surface area (Å²) in [5, 5.41) is 0. The van der Waals surface area contributed by atoms with Crippen molar-refractivity contribution in [3.05, 3.63) is 17.7 Å². The number of imidazole rings is 1. The summed E-state index contributed by atoms with van der Waals surface area (Å²) < 4.78 is 23.8. The van der Waals surface area contributed by atoms with Crippen LogP contribution in [0.4, 0.5) is 0 Å². The van der Waals surface area contributed by atoms with Crippen molar-refractivity contribution in [2.75, 3.05) is 12.8 Å². The molecule has 5 nitrogen and oxygen atoms in total. The van der Waals surface area contributed by atoms with Crippen molar-refractivity contribution in [1.29, 1.82) is 0 Å².